The highest BCUT2D eigenvalue weighted by Crippen LogP contribution is 2.28. The Morgan fingerprint density at radius 2 is 2.15 bits per heavy atom. The zero-order valence-corrected chi connectivity index (χ0v) is 13.1. The van der Waals surface area contributed by atoms with Gasteiger partial charge in [0.1, 0.15) is 0 Å². The lowest BCUT2D eigenvalue weighted by atomic mass is 10.1. The van der Waals surface area contributed by atoms with Gasteiger partial charge in [-0.3, -0.25) is 9.59 Å². The van der Waals surface area contributed by atoms with Crippen LogP contribution in [0.1, 0.15) is 36.0 Å². The molecule has 0 spiro atoms. The largest absolute Gasteiger partial charge is 0.352 e. The minimum atomic E-state index is -0.145. The third kappa shape index (κ3) is 2.63. The first-order valence-corrected chi connectivity index (χ1v) is 7.68. The molecule has 20 heavy (non-hydrogen) atoms. The maximum absolute atomic E-state index is 12.4. The number of pyridine rings is 1. The summed E-state index contributed by atoms with van der Waals surface area (Å²) in [4.78, 5) is 25.7. The van der Waals surface area contributed by atoms with Crippen molar-refractivity contribution >= 4 is 27.3 Å². The fourth-order valence-electron chi connectivity index (χ4n) is 2.17. The van der Waals surface area contributed by atoms with Crippen molar-refractivity contribution in [3.8, 4) is 0 Å². The maximum atomic E-state index is 12.4. The van der Waals surface area contributed by atoms with Gasteiger partial charge in [0.2, 0.25) is 0 Å². The third-order valence-electron chi connectivity index (χ3n) is 3.23. The number of thiophene rings is 1. The second-order valence-corrected chi connectivity index (χ2v) is 6.54. The molecule has 5 heteroatoms. The Kier molecular flexibility index (Phi) is 4.28. The number of aryl methyl sites for hydroxylation is 2. The summed E-state index contributed by atoms with van der Waals surface area (Å²) < 4.78 is 2.51. The topological polar surface area (TPSA) is 51.1 Å². The van der Waals surface area contributed by atoms with Gasteiger partial charge in [0, 0.05) is 28.9 Å². The Morgan fingerprint density at radius 3 is 2.75 bits per heavy atom. The average molecular weight is 292 g/mol. The van der Waals surface area contributed by atoms with Gasteiger partial charge in [-0.25, -0.2) is 0 Å². The molecular weight excluding hydrogens is 272 g/mol. The van der Waals surface area contributed by atoms with Crippen LogP contribution in [0, 0.1) is 12.8 Å². The van der Waals surface area contributed by atoms with E-state index in [2.05, 4.69) is 5.32 Å². The van der Waals surface area contributed by atoms with E-state index in [1.54, 1.807) is 10.8 Å². The van der Waals surface area contributed by atoms with E-state index < -0.39 is 0 Å². The second-order valence-electron chi connectivity index (χ2n) is 5.28. The summed E-state index contributed by atoms with van der Waals surface area (Å²) in [6.07, 6.45) is 1.79. The minimum Gasteiger partial charge on any atom is -0.352 e. The zero-order valence-electron chi connectivity index (χ0n) is 12.3. The molecule has 2 heterocycles. The summed E-state index contributed by atoms with van der Waals surface area (Å²) >= 11 is 1.50. The van der Waals surface area contributed by atoms with E-state index in [4.69, 9.17) is 0 Å². The number of carbonyl (C=O) groups is 1. The van der Waals surface area contributed by atoms with Crippen molar-refractivity contribution in [3.05, 3.63) is 33.1 Å². The van der Waals surface area contributed by atoms with Crippen LogP contribution < -0.4 is 10.9 Å². The number of fused-ring (bicyclic) bond motifs is 1. The number of nitrogens with one attached hydrogen (secondary N) is 1. The molecule has 0 saturated heterocycles. The van der Waals surface area contributed by atoms with Gasteiger partial charge in [-0.1, -0.05) is 13.8 Å². The summed E-state index contributed by atoms with van der Waals surface area (Å²) in [6, 6.07) is 1.91. The smallest absolute Gasteiger partial charge is 0.260 e. The van der Waals surface area contributed by atoms with E-state index in [-0.39, 0.29) is 11.5 Å². The van der Waals surface area contributed by atoms with E-state index in [0.29, 0.717) is 30.0 Å². The Labute approximate surface area is 122 Å². The molecule has 0 aliphatic heterocycles. The van der Waals surface area contributed by atoms with Gasteiger partial charge in [0.25, 0.3) is 11.5 Å². The van der Waals surface area contributed by atoms with Crippen LogP contribution in [0.5, 0.6) is 0 Å². The zero-order chi connectivity index (χ0) is 14.9. The van der Waals surface area contributed by atoms with E-state index >= 15 is 0 Å². The van der Waals surface area contributed by atoms with Gasteiger partial charge < -0.3 is 9.88 Å². The Morgan fingerprint density at radius 1 is 1.45 bits per heavy atom. The molecule has 0 radical (unpaired) electrons. The SMILES string of the molecule is CCn1ccc2sc(C)c(C(=O)NCC(C)C)c2c1=O. The van der Waals surface area contributed by atoms with E-state index in [1.807, 2.05) is 33.8 Å². The predicted octanol–water partition coefficient (Wildman–Crippen LogP) is 2.78. The van der Waals surface area contributed by atoms with Crippen LogP contribution in [-0.2, 0) is 6.54 Å². The third-order valence-corrected chi connectivity index (χ3v) is 4.30. The van der Waals surface area contributed by atoms with Crippen molar-refractivity contribution in [3.63, 3.8) is 0 Å². The summed E-state index contributed by atoms with van der Waals surface area (Å²) in [6.45, 7) is 9.13. The normalized spacial score (nSPS) is 11.2. The number of rotatable bonds is 4. The van der Waals surface area contributed by atoms with Crippen LogP contribution in [0.2, 0.25) is 0 Å². The number of amides is 1. The lowest BCUT2D eigenvalue weighted by molar-refractivity contribution is 0.0950. The molecule has 0 aromatic carbocycles. The molecule has 2 aromatic rings. The number of hydrogen-bond donors (Lipinski definition) is 1. The fraction of sp³-hybridized carbons (Fsp3) is 0.467. The molecule has 0 saturated carbocycles. The molecule has 0 unspecified atom stereocenters. The van der Waals surface area contributed by atoms with Gasteiger partial charge in [-0.15, -0.1) is 11.3 Å². The van der Waals surface area contributed by atoms with Crippen molar-refractivity contribution < 1.29 is 4.79 Å². The number of carbonyl (C=O) groups excluding carboxylic acids is 1. The molecule has 0 aliphatic rings. The van der Waals surface area contributed by atoms with Gasteiger partial charge in [0.15, 0.2) is 0 Å². The molecule has 0 atom stereocenters. The molecule has 0 aliphatic carbocycles. The van der Waals surface area contributed by atoms with Crippen LogP contribution in [0.15, 0.2) is 17.1 Å². The lowest BCUT2D eigenvalue weighted by Gasteiger charge is -2.08. The Hall–Kier alpha value is -1.62. The summed E-state index contributed by atoms with van der Waals surface area (Å²) in [5, 5.41) is 3.46. The highest BCUT2D eigenvalue weighted by molar-refractivity contribution is 7.19. The molecule has 1 N–H and O–H groups in total. The van der Waals surface area contributed by atoms with Gasteiger partial charge in [-0.2, -0.15) is 0 Å². The lowest BCUT2D eigenvalue weighted by Crippen LogP contribution is -2.29. The molecule has 2 rings (SSSR count). The van der Waals surface area contributed by atoms with Crippen LogP contribution >= 0.6 is 11.3 Å². The highest BCUT2D eigenvalue weighted by atomic mass is 32.1. The first-order chi connectivity index (χ1) is 9.45. The Balaban J connectivity index is 2.55. The van der Waals surface area contributed by atoms with E-state index in [9.17, 15) is 9.59 Å². The molecule has 0 bridgehead atoms. The van der Waals surface area contributed by atoms with Gasteiger partial charge >= 0.3 is 0 Å². The van der Waals surface area contributed by atoms with Crippen molar-refractivity contribution in [2.75, 3.05) is 6.54 Å². The number of hydrogen-bond acceptors (Lipinski definition) is 3. The minimum absolute atomic E-state index is 0.0796. The quantitative estimate of drug-likeness (QED) is 0.942. The van der Waals surface area contributed by atoms with E-state index in [0.717, 1.165) is 9.58 Å². The van der Waals surface area contributed by atoms with E-state index in [1.165, 1.54) is 11.3 Å². The molecule has 1 amide bonds. The summed E-state index contributed by atoms with van der Waals surface area (Å²) in [5.74, 6) is 0.241. The second kappa shape index (κ2) is 5.79. The molecule has 0 fully saturated rings. The van der Waals surface area contributed by atoms with Crippen molar-refractivity contribution in [2.45, 2.75) is 34.2 Å². The molecule has 4 nitrogen and oxygen atoms in total. The summed E-state index contributed by atoms with van der Waals surface area (Å²) in [5.41, 5.74) is 0.461. The van der Waals surface area contributed by atoms with Crippen LogP contribution in [0.25, 0.3) is 10.1 Å². The van der Waals surface area contributed by atoms with Crippen molar-refractivity contribution in [1.29, 1.82) is 0 Å². The highest BCUT2D eigenvalue weighted by Gasteiger charge is 2.19. The molecule has 108 valence electrons. The monoisotopic (exact) mass is 292 g/mol. The first kappa shape index (κ1) is 14.8. The van der Waals surface area contributed by atoms with Gasteiger partial charge in [-0.05, 0) is 25.8 Å². The standard InChI is InChI=1S/C15H20N2O2S/c1-5-17-7-6-11-13(15(17)19)12(10(4)20-11)14(18)16-8-9(2)3/h6-7,9H,5,8H2,1-4H3,(H,16,18). The molecule has 2 aromatic heterocycles. The van der Waals surface area contributed by atoms with Crippen LogP contribution in [-0.4, -0.2) is 17.0 Å². The molecular formula is C15H20N2O2S. The van der Waals surface area contributed by atoms with Gasteiger partial charge in [0.05, 0.1) is 10.9 Å². The first-order valence-electron chi connectivity index (χ1n) is 6.86. The summed E-state index contributed by atoms with van der Waals surface area (Å²) in [7, 11) is 0. The number of aromatic nitrogens is 1. The van der Waals surface area contributed by atoms with Crippen LogP contribution in [0.4, 0.5) is 0 Å². The van der Waals surface area contributed by atoms with Crippen molar-refractivity contribution in [2.24, 2.45) is 5.92 Å². The average Bonchev–Trinajstić information content (AvgIpc) is 2.73. The van der Waals surface area contributed by atoms with Crippen molar-refractivity contribution in [1.82, 2.24) is 9.88 Å². The number of nitrogens with zero attached hydrogens (tertiary/aromatic N) is 1. The Bertz CT molecular complexity index is 698. The predicted molar refractivity (Wildman–Crippen MR) is 83.7 cm³/mol. The maximum Gasteiger partial charge on any atom is 0.260 e. The fourth-order valence-corrected chi connectivity index (χ4v) is 3.22. The van der Waals surface area contributed by atoms with Crippen LogP contribution in [0.3, 0.4) is 0 Å².